The number of methoxy groups -OCH3 is 1. The molecule has 2 saturated heterocycles. The summed E-state index contributed by atoms with van der Waals surface area (Å²) in [5.74, 6) is 3.24. The summed E-state index contributed by atoms with van der Waals surface area (Å²) in [5, 5.41) is 13.0. The van der Waals surface area contributed by atoms with Gasteiger partial charge in [0.15, 0.2) is 5.82 Å². The van der Waals surface area contributed by atoms with Gasteiger partial charge in [-0.15, -0.1) is 16.4 Å². The Hall–Kier alpha value is -1.60. The normalized spacial score (nSPS) is 25.1. The van der Waals surface area contributed by atoms with Gasteiger partial charge in [-0.05, 0) is 25.3 Å². The second-order valence-corrected chi connectivity index (χ2v) is 6.61. The van der Waals surface area contributed by atoms with E-state index in [0.717, 1.165) is 48.0 Å². The Morgan fingerprint density at radius 1 is 1.43 bits per heavy atom. The molecule has 112 valence electrons. The van der Waals surface area contributed by atoms with Gasteiger partial charge in [-0.1, -0.05) is 0 Å². The summed E-state index contributed by atoms with van der Waals surface area (Å²) in [6.45, 7) is 3.21. The molecular weight excluding hydrogens is 286 g/mol. The van der Waals surface area contributed by atoms with E-state index in [9.17, 15) is 0 Å². The van der Waals surface area contributed by atoms with E-state index in [0.29, 0.717) is 6.04 Å². The molecule has 0 spiro atoms. The van der Waals surface area contributed by atoms with Crippen molar-refractivity contribution in [1.29, 1.82) is 0 Å². The first kappa shape index (κ1) is 13.1. The third kappa shape index (κ3) is 2.40. The predicted octanol–water partition coefficient (Wildman–Crippen LogP) is 1.73. The third-order valence-electron chi connectivity index (χ3n) is 4.40. The van der Waals surface area contributed by atoms with E-state index in [-0.39, 0.29) is 0 Å². The van der Waals surface area contributed by atoms with E-state index in [4.69, 9.17) is 4.74 Å². The number of aromatic nitrogens is 3. The zero-order valence-electron chi connectivity index (χ0n) is 12.0. The van der Waals surface area contributed by atoms with Gasteiger partial charge in [0.25, 0.3) is 0 Å². The highest BCUT2D eigenvalue weighted by Gasteiger charge is 2.35. The van der Waals surface area contributed by atoms with Gasteiger partial charge in [-0.25, -0.2) is 0 Å². The number of anilines is 1. The van der Waals surface area contributed by atoms with E-state index >= 15 is 0 Å². The molecule has 2 aliphatic rings. The Morgan fingerprint density at radius 2 is 2.38 bits per heavy atom. The minimum Gasteiger partial charge on any atom is -0.496 e. The number of aromatic amines is 1. The summed E-state index contributed by atoms with van der Waals surface area (Å²) in [7, 11) is 1.68. The Balaban J connectivity index is 1.52. The highest BCUT2D eigenvalue weighted by Crippen LogP contribution is 2.31. The fourth-order valence-corrected chi connectivity index (χ4v) is 4.06. The largest absolute Gasteiger partial charge is 0.496 e. The Morgan fingerprint density at radius 3 is 3.19 bits per heavy atom. The lowest BCUT2D eigenvalue weighted by molar-refractivity contribution is 0.340. The van der Waals surface area contributed by atoms with Crippen molar-refractivity contribution in [2.24, 2.45) is 5.92 Å². The minimum absolute atomic E-state index is 0.600. The molecular formula is C14H19N5OS. The van der Waals surface area contributed by atoms with Crippen molar-refractivity contribution in [3.63, 3.8) is 0 Å². The number of hydrogen-bond acceptors (Lipinski definition) is 6. The lowest BCUT2D eigenvalue weighted by atomic mass is 9.94. The van der Waals surface area contributed by atoms with Crippen LogP contribution in [-0.4, -0.2) is 48.0 Å². The molecule has 2 aromatic rings. The maximum Gasteiger partial charge on any atom is 0.245 e. The lowest BCUT2D eigenvalue weighted by Crippen LogP contribution is -2.40. The van der Waals surface area contributed by atoms with Crippen LogP contribution in [-0.2, 0) is 0 Å². The summed E-state index contributed by atoms with van der Waals surface area (Å²) in [6.07, 6.45) is 2.59. The van der Waals surface area contributed by atoms with Gasteiger partial charge in [0.1, 0.15) is 5.75 Å². The van der Waals surface area contributed by atoms with Crippen molar-refractivity contribution in [2.75, 3.05) is 31.6 Å². The molecule has 2 atom stereocenters. The number of rotatable bonds is 3. The minimum atomic E-state index is 0.600. The number of thiophene rings is 1. The van der Waals surface area contributed by atoms with Crippen LogP contribution in [0.25, 0.3) is 10.7 Å². The number of hydrogen-bond donors (Lipinski definition) is 2. The van der Waals surface area contributed by atoms with E-state index in [1.807, 2.05) is 11.4 Å². The standard InChI is InChI=1S/C14H19N5OS/c1-20-10-5-12(21-8-10)13-16-14(18-17-13)19-6-9-3-2-4-15-11(9)7-19/h5,8-9,11,15H,2-4,6-7H2,1H3,(H,16,17,18). The first-order chi connectivity index (χ1) is 10.3. The van der Waals surface area contributed by atoms with Crippen molar-refractivity contribution >= 4 is 17.3 Å². The maximum atomic E-state index is 5.22. The van der Waals surface area contributed by atoms with E-state index in [1.165, 1.54) is 12.8 Å². The molecule has 21 heavy (non-hydrogen) atoms. The molecule has 7 heteroatoms. The van der Waals surface area contributed by atoms with Crippen molar-refractivity contribution in [2.45, 2.75) is 18.9 Å². The molecule has 4 rings (SSSR count). The van der Waals surface area contributed by atoms with Crippen molar-refractivity contribution in [3.8, 4) is 16.5 Å². The van der Waals surface area contributed by atoms with E-state index in [1.54, 1.807) is 18.4 Å². The number of nitrogens with zero attached hydrogens (tertiary/aromatic N) is 3. The molecule has 6 nitrogen and oxygen atoms in total. The second kappa shape index (κ2) is 5.31. The maximum absolute atomic E-state index is 5.22. The molecule has 0 radical (unpaired) electrons. The fraction of sp³-hybridized carbons (Fsp3) is 0.571. The zero-order valence-corrected chi connectivity index (χ0v) is 12.8. The molecule has 2 aromatic heterocycles. The van der Waals surface area contributed by atoms with Crippen molar-refractivity contribution in [1.82, 2.24) is 20.5 Å². The summed E-state index contributed by atoms with van der Waals surface area (Å²) in [6, 6.07) is 2.59. The molecule has 2 aliphatic heterocycles. The molecule has 2 N–H and O–H groups in total. The molecule has 0 amide bonds. The fourth-order valence-electron chi connectivity index (χ4n) is 3.26. The Kier molecular flexibility index (Phi) is 3.31. The number of ether oxygens (including phenoxy) is 1. The molecule has 0 aliphatic carbocycles. The van der Waals surface area contributed by atoms with Crippen LogP contribution in [0, 0.1) is 5.92 Å². The van der Waals surface area contributed by atoms with Gasteiger partial charge >= 0.3 is 0 Å². The van der Waals surface area contributed by atoms with Crippen LogP contribution in [0.15, 0.2) is 11.4 Å². The quantitative estimate of drug-likeness (QED) is 0.904. The Labute approximate surface area is 127 Å². The SMILES string of the molecule is COc1csc(-c2nc(N3CC4CCCNC4C3)n[nH]2)c1. The smallest absolute Gasteiger partial charge is 0.245 e. The highest BCUT2D eigenvalue weighted by atomic mass is 32.1. The van der Waals surface area contributed by atoms with Gasteiger partial charge in [-0.3, -0.25) is 5.10 Å². The molecule has 2 unspecified atom stereocenters. The second-order valence-electron chi connectivity index (χ2n) is 5.70. The van der Waals surface area contributed by atoms with E-state index in [2.05, 4.69) is 25.4 Å². The number of fused-ring (bicyclic) bond motifs is 1. The van der Waals surface area contributed by atoms with Crippen molar-refractivity contribution in [3.05, 3.63) is 11.4 Å². The summed E-state index contributed by atoms with van der Waals surface area (Å²) in [5.41, 5.74) is 0. The van der Waals surface area contributed by atoms with Gasteiger partial charge in [0.2, 0.25) is 5.95 Å². The van der Waals surface area contributed by atoms with Crippen LogP contribution in [0.3, 0.4) is 0 Å². The van der Waals surface area contributed by atoms with Gasteiger partial charge in [-0.2, -0.15) is 4.98 Å². The topological polar surface area (TPSA) is 66.1 Å². The van der Waals surface area contributed by atoms with Crippen LogP contribution in [0.2, 0.25) is 0 Å². The highest BCUT2D eigenvalue weighted by molar-refractivity contribution is 7.13. The molecule has 0 saturated carbocycles. The number of piperidine rings is 1. The van der Waals surface area contributed by atoms with Crippen LogP contribution in [0.4, 0.5) is 5.95 Å². The van der Waals surface area contributed by atoms with Crippen LogP contribution in [0.1, 0.15) is 12.8 Å². The lowest BCUT2D eigenvalue weighted by Gasteiger charge is -2.24. The Bertz CT molecular complexity index is 610. The van der Waals surface area contributed by atoms with Crippen molar-refractivity contribution < 1.29 is 4.74 Å². The number of nitrogens with one attached hydrogen (secondary N) is 2. The predicted molar refractivity (Wildman–Crippen MR) is 83.0 cm³/mol. The molecule has 2 fully saturated rings. The number of H-pyrrole nitrogens is 1. The molecule has 0 aromatic carbocycles. The third-order valence-corrected chi connectivity index (χ3v) is 5.32. The average Bonchev–Trinajstić information content (AvgIpc) is 3.24. The zero-order chi connectivity index (χ0) is 14.2. The van der Waals surface area contributed by atoms with Crippen LogP contribution < -0.4 is 15.0 Å². The average molecular weight is 305 g/mol. The van der Waals surface area contributed by atoms with E-state index < -0.39 is 0 Å². The van der Waals surface area contributed by atoms with Gasteiger partial charge < -0.3 is 15.0 Å². The summed E-state index contributed by atoms with van der Waals surface area (Å²) in [4.78, 5) is 8.00. The first-order valence-electron chi connectivity index (χ1n) is 7.37. The first-order valence-corrected chi connectivity index (χ1v) is 8.25. The molecule has 0 bridgehead atoms. The van der Waals surface area contributed by atoms with Crippen LogP contribution >= 0.6 is 11.3 Å². The van der Waals surface area contributed by atoms with Crippen LogP contribution in [0.5, 0.6) is 5.75 Å². The summed E-state index contributed by atoms with van der Waals surface area (Å²) < 4.78 is 5.22. The molecule has 4 heterocycles. The summed E-state index contributed by atoms with van der Waals surface area (Å²) >= 11 is 1.61. The van der Waals surface area contributed by atoms with Gasteiger partial charge in [0, 0.05) is 30.6 Å². The van der Waals surface area contributed by atoms with Gasteiger partial charge in [0.05, 0.1) is 12.0 Å². The monoisotopic (exact) mass is 305 g/mol.